The van der Waals surface area contributed by atoms with Gasteiger partial charge in [-0.1, -0.05) is 6.92 Å². The highest BCUT2D eigenvalue weighted by Gasteiger charge is 2.23. The smallest absolute Gasteiger partial charge is 0.0410 e. The fraction of sp³-hybridized carbons (Fsp3) is 0.615. The van der Waals surface area contributed by atoms with Gasteiger partial charge in [0.05, 0.1) is 0 Å². The summed E-state index contributed by atoms with van der Waals surface area (Å²) in [4.78, 5) is 4.18. The molecule has 1 saturated carbocycles. The molecule has 1 N–H and O–H groups in total. The van der Waals surface area contributed by atoms with E-state index in [0.29, 0.717) is 6.04 Å². The third-order valence-electron chi connectivity index (χ3n) is 3.14. The summed E-state index contributed by atoms with van der Waals surface area (Å²) in [5, 5.41) is 4.51. The summed E-state index contributed by atoms with van der Waals surface area (Å²) in [6.45, 7) is 3.18. The second-order valence-electron chi connectivity index (χ2n) is 4.48. The number of rotatable bonds is 5. The van der Waals surface area contributed by atoms with Crippen LogP contribution in [0.25, 0.3) is 0 Å². The van der Waals surface area contributed by atoms with E-state index < -0.39 is 0 Å². The van der Waals surface area contributed by atoms with Gasteiger partial charge in [-0.3, -0.25) is 4.98 Å². The van der Waals surface area contributed by atoms with Gasteiger partial charge in [0.25, 0.3) is 0 Å². The Morgan fingerprint density at radius 2 is 2.35 bits per heavy atom. The minimum Gasteiger partial charge on any atom is -0.310 e. The van der Waals surface area contributed by atoms with Gasteiger partial charge in [-0.25, -0.2) is 0 Å². The van der Waals surface area contributed by atoms with Crippen LogP contribution < -0.4 is 5.32 Å². The number of nitrogens with one attached hydrogen (secondary N) is 1. The molecular formula is C13H19BrN2S. The number of nitrogens with zero attached hydrogens (tertiary/aromatic N) is 1. The van der Waals surface area contributed by atoms with Crippen molar-refractivity contribution in [2.75, 3.05) is 5.75 Å². The van der Waals surface area contributed by atoms with E-state index in [0.717, 1.165) is 16.3 Å². The van der Waals surface area contributed by atoms with Crippen molar-refractivity contribution in [1.29, 1.82) is 0 Å². The van der Waals surface area contributed by atoms with Gasteiger partial charge < -0.3 is 5.32 Å². The fourth-order valence-corrected chi connectivity index (χ4v) is 3.88. The molecule has 4 heteroatoms. The van der Waals surface area contributed by atoms with Gasteiger partial charge in [0.1, 0.15) is 0 Å². The molecule has 0 aliphatic heterocycles. The van der Waals surface area contributed by atoms with E-state index in [1.165, 1.54) is 30.6 Å². The van der Waals surface area contributed by atoms with Crippen molar-refractivity contribution in [2.24, 2.45) is 0 Å². The monoisotopic (exact) mass is 314 g/mol. The number of hydrogen-bond donors (Lipinski definition) is 1. The van der Waals surface area contributed by atoms with E-state index in [2.05, 4.69) is 51.0 Å². The van der Waals surface area contributed by atoms with E-state index >= 15 is 0 Å². The lowest BCUT2D eigenvalue weighted by atomic mass is 10.2. The number of halogens is 1. The van der Waals surface area contributed by atoms with Gasteiger partial charge in [0.2, 0.25) is 0 Å². The summed E-state index contributed by atoms with van der Waals surface area (Å²) in [7, 11) is 0. The summed E-state index contributed by atoms with van der Waals surface area (Å²) < 4.78 is 1.06. The third-order valence-corrected chi connectivity index (χ3v) is 4.81. The summed E-state index contributed by atoms with van der Waals surface area (Å²) in [6, 6.07) is 2.82. The average Bonchev–Trinajstić information content (AvgIpc) is 2.75. The summed E-state index contributed by atoms with van der Waals surface area (Å²) >= 11 is 5.56. The summed E-state index contributed by atoms with van der Waals surface area (Å²) in [5.74, 6) is 1.24. The molecule has 94 valence electrons. The van der Waals surface area contributed by atoms with Crippen LogP contribution >= 0.6 is 27.7 Å². The first-order valence-corrected chi connectivity index (χ1v) is 8.06. The number of thioether (sulfide) groups is 1. The van der Waals surface area contributed by atoms with Crippen LogP contribution in [-0.2, 0) is 6.54 Å². The van der Waals surface area contributed by atoms with Gasteiger partial charge in [-0.05, 0) is 52.6 Å². The molecule has 1 aromatic rings. The van der Waals surface area contributed by atoms with E-state index in [1.807, 2.05) is 12.4 Å². The van der Waals surface area contributed by atoms with Gasteiger partial charge in [0.15, 0.2) is 0 Å². The first kappa shape index (κ1) is 13.4. The zero-order valence-corrected chi connectivity index (χ0v) is 12.6. The van der Waals surface area contributed by atoms with Gasteiger partial charge in [-0.15, -0.1) is 0 Å². The maximum absolute atomic E-state index is 4.18. The van der Waals surface area contributed by atoms with E-state index in [9.17, 15) is 0 Å². The van der Waals surface area contributed by atoms with Crippen LogP contribution in [0, 0.1) is 0 Å². The van der Waals surface area contributed by atoms with Crippen molar-refractivity contribution in [3.63, 3.8) is 0 Å². The SMILES string of the molecule is CCSC1CCC(NCc2cncc(Br)c2)C1. The molecule has 0 bridgehead atoms. The zero-order chi connectivity index (χ0) is 12.1. The Morgan fingerprint density at radius 1 is 1.47 bits per heavy atom. The topological polar surface area (TPSA) is 24.9 Å². The standard InChI is InChI=1S/C13H19BrN2S/c1-2-17-13-4-3-12(6-13)16-8-10-5-11(14)9-15-7-10/h5,7,9,12-13,16H,2-4,6,8H2,1H3. The number of aromatic nitrogens is 1. The Balaban J connectivity index is 1.76. The molecule has 17 heavy (non-hydrogen) atoms. The van der Waals surface area contributed by atoms with Crippen LogP contribution in [0.4, 0.5) is 0 Å². The van der Waals surface area contributed by atoms with E-state index in [1.54, 1.807) is 0 Å². The maximum atomic E-state index is 4.18. The lowest BCUT2D eigenvalue weighted by Crippen LogP contribution is -2.26. The molecular weight excluding hydrogens is 296 g/mol. The highest BCUT2D eigenvalue weighted by atomic mass is 79.9. The minimum absolute atomic E-state index is 0.693. The van der Waals surface area contributed by atoms with Gasteiger partial charge in [-0.2, -0.15) is 11.8 Å². The Morgan fingerprint density at radius 3 is 3.12 bits per heavy atom. The zero-order valence-electron chi connectivity index (χ0n) is 10.2. The quantitative estimate of drug-likeness (QED) is 0.898. The molecule has 0 aromatic carbocycles. The average molecular weight is 315 g/mol. The predicted molar refractivity (Wildman–Crippen MR) is 78.3 cm³/mol. The second kappa shape index (κ2) is 6.76. The Hall–Kier alpha value is -0.0600. The highest BCUT2D eigenvalue weighted by Crippen LogP contribution is 2.29. The normalized spacial score (nSPS) is 24.1. The first-order valence-electron chi connectivity index (χ1n) is 6.22. The Labute approximate surface area is 116 Å². The molecule has 1 aromatic heterocycles. The molecule has 1 heterocycles. The number of hydrogen-bond acceptors (Lipinski definition) is 3. The van der Waals surface area contributed by atoms with Crippen LogP contribution in [0.5, 0.6) is 0 Å². The van der Waals surface area contributed by atoms with Crippen LogP contribution in [0.3, 0.4) is 0 Å². The second-order valence-corrected chi connectivity index (χ2v) is 6.97. The van der Waals surface area contributed by atoms with Crippen molar-refractivity contribution in [1.82, 2.24) is 10.3 Å². The van der Waals surface area contributed by atoms with Crippen molar-refractivity contribution in [2.45, 2.75) is 44.0 Å². The largest absolute Gasteiger partial charge is 0.310 e. The van der Waals surface area contributed by atoms with Crippen LogP contribution in [-0.4, -0.2) is 22.0 Å². The molecule has 2 unspecified atom stereocenters. The van der Waals surface area contributed by atoms with Crippen LogP contribution in [0.2, 0.25) is 0 Å². The molecule has 1 aliphatic carbocycles. The van der Waals surface area contributed by atoms with Crippen LogP contribution in [0.15, 0.2) is 22.9 Å². The fourth-order valence-electron chi connectivity index (χ4n) is 2.33. The summed E-state index contributed by atoms with van der Waals surface area (Å²) in [6.07, 6.45) is 7.77. The molecule has 0 spiro atoms. The molecule has 1 fully saturated rings. The highest BCUT2D eigenvalue weighted by molar-refractivity contribution is 9.10. The maximum Gasteiger partial charge on any atom is 0.0410 e. The summed E-state index contributed by atoms with van der Waals surface area (Å²) in [5.41, 5.74) is 1.26. The van der Waals surface area contributed by atoms with Crippen molar-refractivity contribution in [3.8, 4) is 0 Å². The lowest BCUT2D eigenvalue weighted by molar-refractivity contribution is 0.524. The van der Waals surface area contributed by atoms with E-state index in [-0.39, 0.29) is 0 Å². The molecule has 0 amide bonds. The Bertz CT molecular complexity index is 359. The minimum atomic E-state index is 0.693. The Kier molecular flexibility index (Phi) is 5.32. The molecule has 1 aliphatic rings. The third kappa shape index (κ3) is 4.27. The molecule has 2 rings (SSSR count). The molecule has 2 atom stereocenters. The molecule has 0 saturated heterocycles. The molecule has 0 radical (unpaired) electrons. The van der Waals surface area contributed by atoms with Crippen molar-refractivity contribution >= 4 is 27.7 Å². The first-order chi connectivity index (χ1) is 8.28. The van der Waals surface area contributed by atoms with Crippen molar-refractivity contribution < 1.29 is 0 Å². The van der Waals surface area contributed by atoms with Gasteiger partial charge >= 0.3 is 0 Å². The van der Waals surface area contributed by atoms with Crippen LogP contribution in [0.1, 0.15) is 31.7 Å². The lowest BCUT2D eigenvalue weighted by Gasteiger charge is -2.13. The molecule has 2 nitrogen and oxygen atoms in total. The van der Waals surface area contributed by atoms with Crippen molar-refractivity contribution in [3.05, 3.63) is 28.5 Å². The van der Waals surface area contributed by atoms with E-state index in [4.69, 9.17) is 0 Å². The number of pyridine rings is 1. The predicted octanol–water partition coefficient (Wildman–Crippen LogP) is 3.61. The van der Waals surface area contributed by atoms with Gasteiger partial charge in [0, 0.05) is 34.7 Å².